The summed E-state index contributed by atoms with van der Waals surface area (Å²) in [6.07, 6.45) is -18.4. The van der Waals surface area contributed by atoms with E-state index >= 15 is 0 Å². The predicted octanol–water partition coefficient (Wildman–Crippen LogP) is 6.64. The zero-order valence-corrected chi connectivity index (χ0v) is 21.8. The van der Waals surface area contributed by atoms with Gasteiger partial charge in [-0.25, -0.2) is 17.6 Å². The molecule has 1 aliphatic heterocycles. The third-order valence-electron chi connectivity index (χ3n) is 6.40. The first-order valence-electron chi connectivity index (χ1n) is 11.9. The normalized spacial score (nSPS) is 17.9. The summed E-state index contributed by atoms with van der Waals surface area (Å²) >= 11 is 5.53. The minimum Gasteiger partial charge on any atom is -0.374 e. The molecule has 2 N–H and O–H groups in total. The van der Waals surface area contributed by atoms with Crippen LogP contribution in [0.5, 0.6) is 0 Å². The minimum absolute atomic E-state index is 0.0162. The molecule has 0 saturated carbocycles. The maximum Gasteiger partial charge on any atom is 0.435 e. The van der Waals surface area contributed by atoms with Gasteiger partial charge in [0.2, 0.25) is 12.2 Å². The quantitative estimate of drug-likeness (QED) is 0.224. The number of carbonyl (C=O) groups excluding carboxylic acids is 2. The van der Waals surface area contributed by atoms with Gasteiger partial charge in [0.05, 0.1) is 22.8 Å². The molecule has 0 radical (unpaired) electrons. The second-order valence-corrected chi connectivity index (χ2v) is 9.55. The van der Waals surface area contributed by atoms with Crippen LogP contribution in [0.4, 0.5) is 43.9 Å². The molecule has 43 heavy (non-hydrogen) atoms. The highest BCUT2D eigenvalue weighted by Crippen LogP contribution is 2.51. The Morgan fingerprint density at radius 2 is 1.65 bits per heavy atom. The zero-order chi connectivity index (χ0) is 31.9. The van der Waals surface area contributed by atoms with Crippen LogP contribution in [0, 0.1) is 5.82 Å². The fourth-order valence-corrected chi connectivity index (χ4v) is 4.57. The first kappa shape index (κ1) is 31.8. The SMILES string of the molecule is O=C(CNC(=O)c1ccc(C2=NO[C@@](c3cc(Cl)c(F)c(C(F)(F)F)c3)(C(F)(F)F)C2)c2ccccc12)NC(F)C(F)F. The summed E-state index contributed by atoms with van der Waals surface area (Å²) in [6, 6.07) is 8.29. The zero-order valence-electron chi connectivity index (χ0n) is 21.0. The van der Waals surface area contributed by atoms with Gasteiger partial charge in [-0.15, -0.1) is 0 Å². The molecule has 0 spiro atoms. The average molecular weight is 644 g/mol. The van der Waals surface area contributed by atoms with E-state index < -0.39 is 83.1 Å². The van der Waals surface area contributed by atoms with Crippen LogP contribution in [0.25, 0.3) is 10.8 Å². The van der Waals surface area contributed by atoms with Crippen molar-refractivity contribution >= 4 is 39.9 Å². The van der Waals surface area contributed by atoms with E-state index in [1.807, 2.05) is 0 Å². The van der Waals surface area contributed by atoms with Crippen molar-refractivity contribution in [2.75, 3.05) is 6.54 Å². The second kappa shape index (κ2) is 11.5. The number of carbonyl (C=O) groups is 2. The maximum atomic E-state index is 14.4. The van der Waals surface area contributed by atoms with Crippen LogP contribution in [0.2, 0.25) is 5.02 Å². The van der Waals surface area contributed by atoms with E-state index in [0.717, 1.165) is 6.07 Å². The molecule has 1 heterocycles. The fraction of sp³-hybridized carbons (Fsp3) is 0.269. The standard InChI is InChI=1S/C26H16ClF10N3O3/c27-17-8-11(7-16(20(17)28)25(32,33)34)24(26(35,36)37)9-18(40-43-24)14-5-6-15(13-4-2-1-3-12(13)14)23(42)38-10-19(41)39-22(31)21(29)30/h1-8,21-22H,9-10H2,(H,38,42)(H,39,41)/t22?,24-/m0/s1. The molecule has 0 aliphatic carbocycles. The Balaban J connectivity index is 1.68. The number of amides is 2. The van der Waals surface area contributed by atoms with Gasteiger partial charge in [-0.05, 0) is 29.0 Å². The van der Waals surface area contributed by atoms with Crippen LogP contribution < -0.4 is 10.6 Å². The van der Waals surface area contributed by atoms with Gasteiger partial charge in [0.25, 0.3) is 17.9 Å². The largest absolute Gasteiger partial charge is 0.435 e. The number of nitrogens with zero attached hydrogens (tertiary/aromatic N) is 1. The monoisotopic (exact) mass is 643 g/mol. The third-order valence-corrected chi connectivity index (χ3v) is 6.67. The lowest BCUT2D eigenvalue weighted by Gasteiger charge is -2.30. The molecule has 0 aromatic heterocycles. The highest BCUT2D eigenvalue weighted by molar-refractivity contribution is 6.31. The van der Waals surface area contributed by atoms with Crippen LogP contribution in [0.3, 0.4) is 0 Å². The molecule has 1 unspecified atom stereocenters. The van der Waals surface area contributed by atoms with Crippen LogP contribution in [-0.4, -0.2) is 43.0 Å². The summed E-state index contributed by atoms with van der Waals surface area (Å²) in [4.78, 5) is 29.2. The van der Waals surface area contributed by atoms with Gasteiger partial charge in [-0.1, -0.05) is 47.1 Å². The Hall–Kier alpha value is -4.08. The average Bonchev–Trinajstić information content (AvgIpc) is 3.38. The molecule has 4 rings (SSSR count). The van der Waals surface area contributed by atoms with Gasteiger partial charge < -0.3 is 15.5 Å². The van der Waals surface area contributed by atoms with Crippen LogP contribution in [0.1, 0.15) is 33.5 Å². The van der Waals surface area contributed by atoms with Crippen molar-refractivity contribution in [1.29, 1.82) is 0 Å². The van der Waals surface area contributed by atoms with E-state index in [4.69, 9.17) is 16.4 Å². The van der Waals surface area contributed by atoms with Crippen LogP contribution in [-0.2, 0) is 21.4 Å². The maximum absolute atomic E-state index is 14.4. The second-order valence-electron chi connectivity index (χ2n) is 9.14. The molecule has 0 bridgehead atoms. The molecule has 17 heteroatoms. The molecule has 2 atom stereocenters. The number of hydrogen-bond donors (Lipinski definition) is 2. The summed E-state index contributed by atoms with van der Waals surface area (Å²) < 4.78 is 135. The molecule has 2 amide bonds. The van der Waals surface area contributed by atoms with Crippen molar-refractivity contribution in [2.45, 2.75) is 37.1 Å². The lowest BCUT2D eigenvalue weighted by Crippen LogP contribution is -2.43. The molecule has 3 aromatic rings. The van der Waals surface area contributed by atoms with Crippen molar-refractivity contribution in [3.8, 4) is 0 Å². The summed E-state index contributed by atoms with van der Waals surface area (Å²) in [5, 5.41) is 5.97. The highest BCUT2D eigenvalue weighted by atomic mass is 35.5. The van der Waals surface area contributed by atoms with Gasteiger partial charge in [0.15, 0.2) is 5.82 Å². The number of fused-ring (bicyclic) bond motifs is 1. The number of benzene rings is 3. The van der Waals surface area contributed by atoms with Gasteiger partial charge in [0, 0.05) is 23.1 Å². The van der Waals surface area contributed by atoms with E-state index in [-0.39, 0.29) is 28.0 Å². The Morgan fingerprint density at radius 3 is 2.26 bits per heavy atom. The van der Waals surface area contributed by atoms with E-state index in [9.17, 15) is 53.5 Å². The Kier molecular flexibility index (Phi) is 8.55. The Bertz CT molecular complexity index is 1610. The molecular formula is C26H16ClF10N3O3. The van der Waals surface area contributed by atoms with E-state index in [1.165, 1.54) is 35.6 Å². The Morgan fingerprint density at radius 1 is 1.00 bits per heavy atom. The van der Waals surface area contributed by atoms with E-state index in [1.54, 1.807) is 0 Å². The van der Waals surface area contributed by atoms with Crippen molar-refractivity contribution in [1.82, 2.24) is 10.6 Å². The summed E-state index contributed by atoms with van der Waals surface area (Å²) in [5.41, 5.74) is -7.22. The molecular weight excluding hydrogens is 628 g/mol. The topological polar surface area (TPSA) is 79.8 Å². The number of halogens is 11. The molecule has 0 fully saturated rings. The van der Waals surface area contributed by atoms with Gasteiger partial charge in [0.1, 0.15) is 0 Å². The first-order valence-corrected chi connectivity index (χ1v) is 12.2. The van der Waals surface area contributed by atoms with Crippen molar-refractivity contribution in [2.24, 2.45) is 5.16 Å². The number of oxime groups is 1. The molecule has 230 valence electrons. The molecule has 0 saturated heterocycles. The number of alkyl halides is 9. The fourth-order valence-electron chi connectivity index (χ4n) is 4.35. The van der Waals surface area contributed by atoms with Crippen molar-refractivity contribution in [3.05, 3.63) is 81.6 Å². The van der Waals surface area contributed by atoms with Crippen LogP contribution in [0.15, 0.2) is 53.7 Å². The summed E-state index contributed by atoms with van der Waals surface area (Å²) in [6.45, 7) is -0.892. The predicted molar refractivity (Wildman–Crippen MR) is 132 cm³/mol. The van der Waals surface area contributed by atoms with Crippen molar-refractivity contribution < 1.29 is 58.3 Å². The number of rotatable bonds is 7. The smallest absolute Gasteiger partial charge is 0.374 e. The molecule has 1 aliphatic rings. The van der Waals surface area contributed by atoms with Gasteiger partial charge in [-0.3, -0.25) is 9.59 Å². The highest BCUT2D eigenvalue weighted by Gasteiger charge is 2.63. The van der Waals surface area contributed by atoms with Gasteiger partial charge in [-0.2, -0.15) is 26.3 Å². The lowest BCUT2D eigenvalue weighted by atomic mass is 9.84. The lowest BCUT2D eigenvalue weighted by molar-refractivity contribution is -0.276. The molecule has 6 nitrogen and oxygen atoms in total. The van der Waals surface area contributed by atoms with Crippen LogP contribution >= 0.6 is 11.6 Å². The summed E-state index contributed by atoms with van der Waals surface area (Å²) in [7, 11) is 0. The van der Waals surface area contributed by atoms with E-state index in [0.29, 0.717) is 6.07 Å². The minimum atomic E-state index is -5.39. The third kappa shape index (κ3) is 6.19. The molecule has 3 aromatic carbocycles. The van der Waals surface area contributed by atoms with E-state index in [2.05, 4.69) is 10.5 Å². The Labute approximate surface area is 239 Å². The first-order chi connectivity index (χ1) is 20.0. The number of hydrogen-bond acceptors (Lipinski definition) is 4. The van der Waals surface area contributed by atoms with Gasteiger partial charge >= 0.3 is 12.4 Å². The summed E-state index contributed by atoms with van der Waals surface area (Å²) in [5.74, 6) is -4.16. The van der Waals surface area contributed by atoms with Crippen molar-refractivity contribution in [3.63, 3.8) is 0 Å². The number of nitrogens with one attached hydrogen (secondary N) is 2.